The molecule has 4 nitrogen and oxygen atoms in total. The molecule has 3 aromatic rings. The van der Waals surface area contributed by atoms with Crippen molar-refractivity contribution in [3.63, 3.8) is 0 Å². The quantitative estimate of drug-likeness (QED) is 0.804. The third kappa shape index (κ3) is 2.95. The van der Waals surface area contributed by atoms with Gasteiger partial charge in [-0.05, 0) is 29.8 Å². The molecule has 0 aliphatic heterocycles. The normalized spacial score (nSPS) is 13.7. The molecule has 1 N–H and O–H groups in total. The fourth-order valence-electron chi connectivity index (χ4n) is 2.43. The first-order valence-corrected chi connectivity index (χ1v) is 6.75. The largest absolute Gasteiger partial charge is 0.378 e. The van der Waals surface area contributed by atoms with Gasteiger partial charge in [-0.2, -0.15) is 5.10 Å². The summed E-state index contributed by atoms with van der Waals surface area (Å²) in [6.07, 6.45) is 2.63. The molecule has 2 aromatic carbocycles. The third-order valence-electron chi connectivity index (χ3n) is 3.56. The molecule has 0 spiro atoms. The van der Waals surface area contributed by atoms with Crippen LogP contribution in [0.5, 0.6) is 0 Å². The van der Waals surface area contributed by atoms with E-state index in [0.29, 0.717) is 6.07 Å². The van der Waals surface area contributed by atoms with Gasteiger partial charge in [-0.15, -0.1) is 0 Å². The standard InChI is InChI=1S/C16H12F3N3O/c17-12-3-1-11(2-4-12)16(23,8-22-10-20-9-21-22)14-6-5-13(18)7-15(14)19/h1-7,9-10,23H,8H2. The molecule has 0 aliphatic rings. The predicted octanol–water partition coefficient (Wildman–Crippen LogP) is 2.63. The molecule has 0 saturated carbocycles. The Balaban J connectivity index is 2.14. The number of hydrogen-bond acceptors (Lipinski definition) is 3. The molecule has 1 unspecified atom stereocenters. The molecular formula is C16H12F3N3O. The maximum atomic E-state index is 14.2. The van der Waals surface area contributed by atoms with Gasteiger partial charge in [-0.3, -0.25) is 0 Å². The number of nitrogens with zero attached hydrogens (tertiary/aromatic N) is 3. The molecule has 0 saturated heterocycles. The van der Waals surface area contributed by atoms with Gasteiger partial charge in [-0.1, -0.05) is 12.1 Å². The highest BCUT2D eigenvalue weighted by Gasteiger charge is 2.35. The van der Waals surface area contributed by atoms with Crippen LogP contribution >= 0.6 is 0 Å². The first-order valence-electron chi connectivity index (χ1n) is 6.75. The monoisotopic (exact) mass is 319 g/mol. The molecule has 7 heteroatoms. The average molecular weight is 319 g/mol. The van der Waals surface area contributed by atoms with Crippen molar-refractivity contribution in [1.29, 1.82) is 0 Å². The molecule has 118 valence electrons. The lowest BCUT2D eigenvalue weighted by atomic mass is 9.86. The number of aliphatic hydroxyl groups is 1. The number of halogens is 3. The van der Waals surface area contributed by atoms with Gasteiger partial charge in [-0.25, -0.2) is 22.8 Å². The van der Waals surface area contributed by atoms with Crippen molar-refractivity contribution in [1.82, 2.24) is 14.8 Å². The minimum Gasteiger partial charge on any atom is -0.378 e. The topological polar surface area (TPSA) is 50.9 Å². The van der Waals surface area contributed by atoms with Crippen molar-refractivity contribution in [2.75, 3.05) is 0 Å². The van der Waals surface area contributed by atoms with Crippen molar-refractivity contribution in [2.45, 2.75) is 12.1 Å². The van der Waals surface area contributed by atoms with E-state index < -0.39 is 23.1 Å². The van der Waals surface area contributed by atoms with Crippen LogP contribution in [0.2, 0.25) is 0 Å². The summed E-state index contributed by atoms with van der Waals surface area (Å²) in [5, 5.41) is 15.0. The zero-order valence-electron chi connectivity index (χ0n) is 11.8. The van der Waals surface area contributed by atoms with E-state index in [1.54, 1.807) is 0 Å². The van der Waals surface area contributed by atoms with Crippen LogP contribution in [0.1, 0.15) is 11.1 Å². The maximum Gasteiger partial charge on any atom is 0.137 e. The summed E-state index contributed by atoms with van der Waals surface area (Å²) in [5.74, 6) is -2.15. The summed E-state index contributed by atoms with van der Waals surface area (Å²) >= 11 is 0. The molecule has 0 bridgehead atoms. The highest BCUT2D eigenvalue weighted by Crippen LogP contribution is 2.33. The average Bonchev–Trinajstić information content (AvgIpc) is 3.00. The molecule has 0 aliphatic carbocycles. The van der Waals surface area contributed by atoms with Crippen LogP contribution in [-0.4, -0.2) is 19.9 Å². The van der Waals surface area contributed by atoms with E-state index in [-0.39, 0.29) is 17.7 Å². The van der Waals surface area contributed by atoms with Crippen molar-refractivity contribution in [3.8, 4) is 0 Å². The summed E-state index contributed by atoms with van der Waals surface area (Å²) in [5.41, 5.74) is -1.75. The number of hydrogen-bond donors (Lipinski definition) is 1. The van der Waals surface area contributed by atoms with E-state index in [4.69, 9.17) is 0 Å². The molecule has 3 rings (SSSR count). The first-order chi connectivity index (χ1) is 11.0. The minimum atomic E-state index is -1.86. The Morgan fingerprint density at radius 2 is 1.70 bits per heavy atom. The van der Waals surface area contributed by atoms with Crippen LogP contribution < -0.4 is 0 Å². The SMILES string of the molecule is OC(Cn1cncn1)(c1ccc(F)cc1)c1ccc(F)cc1F. The molecule has 0 radical (unpaired) electrons. The predicted molar refractivity (Wildman–Crippen MR) is 75.8 cm³/mol. The number of aromatic nitrogens is 3. The fraction of sp³-hybridized carbons (Fsp3) is 0.125. The van der Waals surface area contributed by atoms with Gasteiger partial charge in [0.1, 0.15) is 35.7 Å². The third-order valence-corrected chi connectivity index (χ3v) is 3.56. The highest BCUT2D eigenvalue weighted by molar-refractivity contribution is 5.37. The molecule has 0 amide bonds. The molecule has 1 heterocycles. The Morgan fingerprint density at radius 3 is 2.30 bits per heavy atom. The Bertz CT molecular complexity index is 806. The summed E-state index contributed by atoms with van der Waals surface area (Å²) in [6, 6.07) is 7.89. The van der Waals surface area contributed by atoms with E-state index in [2.05, 4.69) is 10.1 Å². The van der Waals surface area contributed by atoms with E-state index in [1.165, 1.54) is 29.5 Å². The second kappa shape index (κ2) is 5.85. The van der Waals surface area contributed by atoms with Gasteiger partial charge in [0.15, 0.2) is 0 Å². The second-order valence-electron chi connectivity index (χ2n) is 5.08. The summed E-state index contributed by atoms with van der Waals surface area (Å²) in [7, 11) is 0. The van der Waals surface area contributed by atoms with Crippen molar-refractivity contribution >= 4 is 0 Å². The Hall–Kier alpha value is -2.67. The van der Waals surface area contributed by atoms with E-state index in [1.807, 2.05) is 0 Å². The van der Waals surface area contributed by atoms with E-state index >= 15 is 0 Å². The lowest BCUT2D eigenvalue weighted by Gasteiger charge is -2.29. The Kier molecular flexibility index (Phi) is 3.87. The number of benzene rings is 2. The van der Waals surface area contributed by atoms with Crippen LogP contribution in [-0.2, 0) is 12.1 Å². The van der Waals surface area contributed by atoms with Crippen molar-refractivity contribution < 1.29 is 18.3 Å². The smallest absolute Gasteiger partial charge is 0.137 e. The summed E-state index contributed by atoms with van der Waals surface area (Å²) in [6.45, 7) is -0.165. The molecule has 23 heavy (non-hydrogen) atoms. The van der Waals surface area contributed by atoms with Gasteiger partial charge in [0.2, 0.25) is 0 Å². The van der Waals surface area contributed by atoms with E-state index in [9.17, 15) is 18.3 Å². The van der Waals surface area contributed by atoms with Crippen LogP contribution in [0.25, 0.3) is 0 Å². The zero-order chi connectivity index (χ0) is 16.4. The Morgan fingerprint density at radius 1 is 1.00 bits per heavy atom. The van der Waals surface area contributed by atoms with Gasteiger partial charge < -0.3 is 5.11 Å². The lowest BCUT2D eigenvalue weighted by molar-refractivity contribution is 0.0534. The second-order valence-corrected chi connectivity index (χ2v) is 5.08. The van der Waals surface area contributed by atoms with Crippen LogP contribution in [0, 0.1) is 17.5 Å². The van der Waals surface area contributed by atoms with Gasteiger partial charge in [0.05, 0.1) is 6.54 Å². The van der Waals surface area contributed by atoms with Crippen LogP contribution in [0.15, 0.2) is 55.1 Å². The van der Waals surface area contributed by atoms with Gasteiger partial charge >= 0.3 is 0 Å². The molecule has 0 fully saturated rings. The first kappa shape index (κ1) is 15.2. The lowest BCUT2D eigenvalue weighted by Crippen LogP contribution is -2.34. The van der Waals surface area contributed by atoms with E-state index in [0.717, 1.165) is 24.3 Å². The van der Waals surface area contributed by atoms with Gasteiger partial charge in [0.25, 0.3) is 0 Å². The highest BCUT2D eigenvalue weighted by atomic mass is 19.1. The molecule has 1 atom stereocenters. The van der Waals surface area contributed by atoms with Crippen LogP contribution in [0.4, 0.5) is 13.2 Å². The number of rotatable bonds is 4. The fourth-order valence-corrected chi connectivity index (χ4v) is 2.43. The van der Waals surface area contributed by atoms with Crippen molar-refractivity contribution in [2.24, 2.45) is 0 Å². The summed E-state index contributed by atoms with van der Waals surface area (Å²) in [4.78, 5) is 3.77. The zero-order valence-corrected chi connectivity index (χ0v) is 11.8. The maximum absolute atomic E-state index is 14.2. The minimum absolute atomic E-state index is 0.138. The van der Waals surface area contributed by atoms with Crippen LogP contribution in [0.3, 0.4) is 0 Å². The molecule has 1 aromatic heterocycles. The van der Waals surface area contributed by atoms with Gasteiger partial charge in [0, 0.05) is 11.6 Å². The Labute approximate surface area is 129 Å². The summed E-state index contributed by atoms with van der Waals surface area (Å²) < 4.78 is 41.9. The van der Waals surface area contributed by atoms with Crippen molar-refractivity contribution in [3.05, 3.63) is 83.7 Å². The molecular weight excluding hydrogens is 307 g/mol.